The molecule has 0 aliphatic rings. The highest BCUT2D eigenvalue weighted by Gasteiger charge is 2.10. The molecule has 3 heteroatoms. The van der Waals surface area contributed by atoms with Crippen molar-refractivity contribution >= 4 is 44.9 Å². The van der Waals surface area contributed by atoms with Gasteiger partial charge in [0, 0.05) is 16.0 Å². The van der Waals surface area contributed by atoms with Crippen LogP contribution in [-0.2, 0) is 0 Å². The maximum atomic E-state index is 6.34. The summed E-state index contributed by atoms with van der Waals surface area (Å²) < 4.78 is 0. The molecule has 0 spiro atoms. The van der Waals surface area contributed by atoms with Crippen LogP contribution in [0.3, 0.4) is 0 Å². The standard InChI is InChI=1S/C20H13Cl2N/c1-12-10-19(16-8-7-14(21)11-17(16)22)23-18-9-6-13-4-2-3-5-15(13)20(12)18/h2-11H,1H3. The van der Waals surface area contributed by atoms with E-state index in [1.807, 2.05) is 12.1 Å². The van der Waals surface area contributed by atoms with Crippen LogP contribution in [0.5, 0.6) is 0 Å². The number of nitrogens with zero attached hydrogens (tertiary/aromatic N) is 1. The van der Waals surface area contributed by atoms with E-state index in [2.05, 4.69) is 49.4 Å². The smallest absolute Gasteiger partial charge is 0.0727 e. The highest BCUT2D eigenvalue weighted by atomic mass is 35.5. The Hall–Kier alpha value is -2.09. The Morgan fingerprint density at radius 3 is 2.52 bits per heavy atom. The van der Waals surface area contributed by atoms with Gasteiger partial charge in [-0.15, -0.1) is 0 Å². The fraction of sp³-hybridized carbons (Fsp3) is 0.0500. The summed E-state index contributed by atoms with van der Waals surface area (Å²) in [4.78, 5) is 4.82. The molecular formula is C20H13Cl2N. The first kappa shape index (κ1) is 14.5. The first-order valence-electron chi connectivity index (χ1n) is 7.38. The molecule has 1 heterocycles. The van der Waals surface area contributed by atoms with Crippen molar-refractivity contribution in [1.82, 2.24) is 4.98 Å². The largest absolute Gasteiger partial charge is 0.248 e. The fourth-order valence-corrected chi connectivity index (χ4v) is 3.55. The molecule has 0 radical (unpaired) electrons. The summed E-state index contributed by atoms with van der Waals surface area (Å²) in [7, 11) is 0. The number of hydrogen-bond donors (Lipinski definition) is 0. The molecule has 0 amide bonds. The summed E-state index contributed by atoms with van der Waals surface area (Å²) >= 11 is 12.3. The molecule has 0 aliphatic heterocycles. The molecule has 4 rings (SSSR count). The zero-order valence-corrected chi connectivity index (χ0v) is 14.0. The lowest BCUT2D eigenvalue weighted by molar-refractivity contribution is 1.37. The number of rotatable bonds is 1. The summed E-state index contributed by atoms with van der Waals surface area (Å²) in [5.41, 5.74) is 3.93. The molecule has 0 N–H and O–H groups in total. The lowest BCUT2D eigenvalue weighted by Gasteiger charge is -2.11. The predicted octanol–water partition coefficient (Wildman–Crippen LogP) is 6.67. The van der Waals surface area contributed by atoms with Gasteiger partial charge in [0.05, 0.1) is 16.2 Å². The minimum absolute atomic E-state index is 0.615. The monoisotopic (exact) mass is 337 g/mol. The van der Waals surface area contributed by atoms with Crippen LogP contribution in [0.2, 0.25) is 10.0 Å². The van der Waals surface area contributed by atoms with Crippen LogP contribution in [0.25, 0.3) is 32.9 Å². The van der Waals surface area contributed by atoms with Crippen molar-refractivity contribution in [2.24, 2.45) is 0 Å². The average molecular weight is 338 g/mol. The van der Waals surface area contributed by atoms with Crippen LogP contribution in [0.15, 0.2) is 60.7 Å². The Morgan fingerprint density at radius 1 is 0.870 bits per heavy atom. The molecule has 4 aromatic rings. The van der Waals surface area contributed by atoms with Crippen LogP contribution < -0.4 is 0 Å². The quantitative estimate of drug-likeness (QED) is 0.353. The van der Waals surface area contributed by atoms with Gasteiger partial charge in [0.25, 0.3) is 0 Å². The summed E-state index contributed by atoms with van der Waals surface area (Å²) in [6.45, 7) is 2.11. The summed E-state index contributed by atoms with van der Waals surface area (Å²) in [5, 5.41) is 4.88. The average Bonchev–Trinajstić information content (AvgIpc) is 2.54. The van der Waals surface area contributed by atoms with Gasteiger partial charge in [-0.05, 0) is 53.6 Å². The Kier molecular flexibility index (Phi) is 3.48. The first-order chi connectivity index (χ1) is 11.1. The summed E-state index contributed by atoms with van der Waals surface area (Å²) in [6.07, 6.45) is 0. The Labute approximate surface area is 144 Å². The van der Waals surface area contributed by atoms with Crippen molar-refractivity contribution in [3.63, 3.8) is 0 Å². The van der Waals surface area contributed by atoms with Crippen LogP contribution in [0.1, 0.15) is 5.56 Å². The van der Waals surface area contributed by atoms with Gasteiger partial charge >= 0.3 is 0 Å². The number of pyridine rings is 1. The fourth-order valence-electron chi connectivity index (χ4n) is 3.04. The number of aromatic nitrogens is 1. The number of aryl methyl sites for hydroxylation is 1. The molecule has 0 bridgehead atoms. The van der Waals surface area contributed by atoms with Gasteiger partial charge in [0.1, 0.15) is 0 Å². The van der Waals surface area contributed by atoms with Gasteiger partial charge < -0.3 is 0 Å². The second-order valence-electron chi connectivity index (χ2n) is 5.63. The minimum atomic E-state index is 0.615. The molecule has 1 aromatic heterocycles. The molecule has 0 fully saturated rings. The Balaban J connectivity index is 2.03. The second kappa shape index (κ2) is 5.52. The molecule has 3 aromatic carbocycles. The maximum Gasteiger partial charge on any atom is 0.0727 e. The SMILES string of the molecule is Cc1cc(-c2ccc(Cl)cc2Cl)nc2ccc3ccccc3c12. The lowest BCUT2D eigenvalue weighted by atomic mass is 9.99. The topological polar surface area (TPSA) is 12.9 Å². The van der Waals surface area contributed by atoms with Crippen molar-refractivity contribution in [3.05, 3.63) is 76.3 Å². The molecule has 112 valence electrons. The first-order valence-corrected chi connectivity index (χ1v) is 8.13. The number of hydrogen-bond acceptors (Lipinski definition) is 1. The van der Waals surface area contributed by atoms with E-state index in [1.165, 1.54) is 21.7 Å². The highest BCUT2D eigenvalue weighted by Crippen LogP contribution is 2.33. The molecule has 0 saturated carbocycles. The molecule has 1 nitrogen and oxygen atoms in total. The van der Waals surface area contributed by atoms with Crippen LogP contribution in [0.4, 0.5) is 0 Å². The molecule has 0 atom stereocenters. The lowest BCUT2D eigenvalue weighted by Crippen LogP contribution is -1.91. The van der Waals surface area contributed by atoms with E-state index in [9.17, 15) is 0 Å². The van der Waals surface area contributed by atoms with Crippen molar-refractivity contribution in [2.75, 3.05) is 0 Å². The van der Waals surface area contributed by atoms with Crippen LogP contribution in [-0.4, -0.2) is 4.98 Å². The van der Waals surface area contributed by atoms with E-state index in [0.717, 1.165) is 16.8 Å². The Morgan fingerprint density at radius 2 is 1.70 bits per heavy atom. The third-order valence-corrected chi connectivity index (χ3v) is 4.65. The summed E-state index contributed by atoms with van der Waals surface area (Å²) in [5.74, 6) is 0. The third kappa shape index (κ3) is 2.46. The van der Waals surface area contributed by atoms with Crippen molar-refractivity contribution < 1.29 is 0 Å². The second-order valence-corrected chi connectivity index (χ2v) is 6.47. The van der Waals surface area contributed by atoms with E-state index in [0.29, 0.717) is 10.0 Å². The third-order valence-electron chi connectivity index (χ3n) is 4.10. The summed E-state index contributed by atoms with van der Waals surface area (Å²) in [6, 6.07) is 20.1. The minimum Gasteiger partial charge on any atom is -0.248 e. The van der Waals surface area contributed by atoms with E-state index >= 15 is 0 Å². The van der Waals surface area contributed by atoms with Gasteiger partial charge in [0.2, 0.25) is 0 Å². The van der Waals surface area contributed by atoms with Crippen LogP contribution in [0, 0.1) is 6.92 Å². The zero-order chi connectivity index (χ0) is 16.0. The molecule has 0 aliphatic carbocycles. The van der Waals surface area contributed by atoms with Crippen molar-refractivity contribution in [2.45, 2.75) is 6.92 Å². The van der Waals surface area contributed by atoms with Crippen LogP contribution >= 0.6 is 23.2 Å². The van der Waals surface area contributed by atoms with E-state index < -0.39 is 0 Å². The molecule has 0 unspecified atom stereocenters. The van der Waals surface area contributed by atoms with Crippen molar-refractivity contribution in [3.8, 4) is 11.3 Å². The maximum absolute atomic E-state index is 6.34. The van der Waals surface area contributed by atoms with E-state index in [-0.39, 0.29) is 0 Å². The number of benzene rings is 3. The molecule has 0 saturated heterocycles. The van der Waals surface area contributed by atoms with Gasteiger partial charge in [-0.2, -0.15) is 0 Å². The van der Waals surface area contributed by atoms with Gasteiger partial charge in [-0.25, -0.2) is 4.98 Å². The predicted molar refractivity (Wildman–Crippen MR) is 99.4 cm³/mol. The number of halogens is 2. The van der Waals surface area contributed by atoms with E-state index in [4.69, 9.17) is 28.2 Å². The molecular weight excluding hydrogens is 325 g/mol. The normalized spacial score (nSPS) is 11.3. The zero-order valence-electron chi connectivity index (χ0n) is 12.5. The Bertz CT molecular complexity index is 1050. The van der Waals surface area contributed by atoms with Gasteiger partial charge in [-0.3, -0.25) is 0 Å². The molecule has 23 heavy (non-hydrogen) atoms. The van der Waals surface area contributed by atoms with Gasteiger partial charge in [0.15, 0.2) is 0 Å². The number of fused-ring (bicyclic) bond motifs is 3. The highest BCUT2D eigenvalue weighted by molar-refractivity contribution is 6.36. The van der Waals surface area contributed by atoms with Gasteiger partial charge in [-0.1, -0.05) is 53.5 Å². The van der Waals surface area contributed by atoms with Crippen molar-refractivity contribution in [1.29, 1.82) is 0 Å². The van der Waals surface area contributed by atoms with E-state index in [1.54, 1.807) is 6.07 Å².